The number of likely N-dealkylation sites (tertiary alicyclic amines) is 1. The smallest absolute Gasteiger partial charge is 0.137 e. The molecule has 3 atom stereocenters. The van der Waals surface area contributed by atoms with E-state index >= 15 is 0 Å². The Balaban J connectivity index is 1.88. The van der Waals surface area contributed by atoms with E-state index in [1.807, 2.05) is 0 Å². The van der Waals surface area contributed by atoms with E-state index in [0.717, 1.165) is 31.7 Å². The number of hydrogen-bond donors (Lipinski definition) is 0. The molecule has 1 saturated carbocycles. The molecule has 2 rings (SSSR count). The quantitative estimate of drug-likeness (QED) is 0.672. The van der Waals surface area contributed by atoms with E-state index in [2.05, 4.69) is 18.7 Å². The summed E-state index contributed by atoms with van der Waals surface area (Å²) in [5.74, 6) is 1.69. The molecule has 0 N–H and O–H groups in total. The Morgan fingerprint density at radius 1 is 1.36 bits per heavy atom. The number of ketones is 1. The van der Waals surface area contributed by atoms with Gasteiger partial charge in [-0.3, -0.25) is 9.69 Å². The Labute approximate surface area is 86.7 Å². The maximum atomic E-state index is 11.5. The van der Waals surface area contributed by atoms with E-state index in [9.17, 15) is 4.79 Å². The highest BCUT2D eigenvalue weighted by Gasteiger charge is 2.32. The number of carbonyl (C=O) groups excluding carboxylic acids is 1. The van der Waals surface area contributed by atoms with E-state index in [4.69, 9.17) is 0 Å². The highest BCUT2D eigenvalue weighted by molar-refractivity contribution is 5.83. The third-order valence-corrected chi connectivity index (χ3v) is 4.16. The van der Waals surface area contributed by atoms with E-state index in [0.29, 0.717) is 17.7 Å². The van der Waals surface area contributed by atoms with Crippen molar-refractivity contribution in [3.63, 3.8) is 0 Å². The maximum absolute atomic E-state index is 11.5. The topological polar surface area (TPSA) is 20.3 Å². The van der Waals surface area contributed by atoms with Crippen LogP contribution in [-0.2, 0) is 4.79 Å². The Morgan fingerprint density at radius 2 is 2.14 bits per heavy atom. The van der Waals surface area contributed by atoms with Crippen molar-refractivity contribution in [1.29, 1.82) is 0 Å². The number of nitrogens with zero attached hydrogens (tertiary/aromatic N) is 1. The normalized spacial score (nSPS) is 39.6. The molecule has 80 valence electrons. The van der Waals surface area contributed by atoms with E-state index in [1.165, 1.54) is 13.0 Å². The van der Waals surface area contributed by atoms with Crippen LogP contribution < -0.4 is 0 Å². The van der Waals surface area contributed by atoms with Gasteiger partial charge in [0.2, 0.25) is 0 Å². The van der Waals surface area contributed by atoms with Gasteiger partial charge < -0.3 is 0 Å². The Hall–Kier alpha value is -0.370. The number of rotatable bonds is 2. The third kappa shape index (κ3) is 1.85. The van der Waals surface area contributed by atoms with Gasteiger partial charge >= 0.3 is 0 Å². The minimum atomic E-state index is 0.364. The lowest BCUT2D eigenvalue weighted by Crippen LogP contribution is -2.35. The lowest BCUT2D eigenvalue weighted by Gasteiger charge is -2.25. The first kappa shape index (κ1) is 10.2. The van der Waals surface area contributed by atoms with Gasteiger partial charge in [-0.1, -0.05) is 6.92 Å². The van der Waals surface area contributed by atoms with Crippen LogP contribution in [0.25, 0.3) is 0 Å². The fourth-order valence-corrected chi connectivity index (χ4v) is 2.80. The lowest BCUT2D eigenvalue weighted by molar-refractivity contribution is -0.121. The van der Waals surface area contributed by atoms with Gasteiger partial charge in [-0.15, -0.1) is 0 Å². The molecule has 2 fully saturated rings. The molecule has 1 saturated heterocycles. The minimum Gasteiger partial charge on any atom is -0.300 e. The van der Waals surface area contributed by atoms with E-state index in [-0.39, 0.29) is 0 Å². The zero-order valence-corrected chi connectivity index (χ0v) is 9.33. The van der Waals surface area contributed by atoms with Crippen LogP contribution in [0.4, 0.5) is 0 Å². The third-order valence-electron chi connectivity index (χ3n) is 4.16. The van der Waals surface area contributed by atoms with Crippen LogP contribution >= 0.6 is 0 Å². The van der Waals surface area contributed by atoms with Crippen molar-refractivity contribution in [2.75, 3.05) is 13.1 Å². The zero-order chi connectivity index (χ0) is 10.1. The van der Waals surface area contributed by atoms with Crippen molar-refractivity contribution in [2.45, 2.75) is 45.6 Å². The molecule has 0 aromatic carbocycles. The number of carbonyl (C=O) groups is 1. The molecule has 14 heavy (non-hydrogen) atoms. The van der Waals surface area contributed by atoms with Crippen molar-refractivity contribution in [3.8, 4) is 0 Å². The molecule has 0 bridgehead atoms. The van der Waals surface area contributed by atoms with E-state index in [1.54, 1.807) is 0 Å². The number of hydrogen-bond acceptors (Lipinski definition) is 2. The standard InChI is InChI=1S/C12H21NO/c1-9-6-7-13(10(9)2)8-11-4-3-5-12(11)14/h9-11H,3-8H2,1-2H3. The monoisotopic (exact) mass is 195 g/mol. The van der Waals surface area contributed by atoms with Gasteiger partial charge in [-0.25, -0.2) is 0 Å². The van der Waals surface area contributed by atoms with Crippen LogP contribution in [0, 0.1) is 11.8 Å². The summed E-state index contributed by atoms with van der Waals surface area (Å²) in [6.07, 6.45) is 4.40. The van der Waals surface area contributed by atoms with Crippen LogP contribution in [0.1, 0.15) is 39.5 Å². The van der Waals surface area contributed by atoms with Crippen LogP contribution in [0.15, 0.2) is 0 Å². The van der Waals surface area contributed by atoms with Gasteiger partial charge in [0.05, 0.1) is 0 Å². The molecule has 1 aliphatic heterocycles. The molecule has 1 aliphatic carbocycles. The van der Waals surface area contributed by atoms with Crippen molar-refractivity contribution in [2.24, 2.45) is 11.8 Å². The van der Waals surface area contributed by atoms with Gasteiger partial charge in [-0.05, 0) is 38.6 Å². The molecule has 2 aliphatic rings. The average Bonchev–Trinajstić information content (AvgIpc) is 2.68. The summed E-state index contributed by atoms with van der Waals surface area (Å²) in [4.78, 5) is 14.0. The predicted octanol–water partition coefficient (Wildman–Crippen LogP) is 2.09. The summed E-state index contributed by atoms with van der Waals surface area (Å²) in [6.45, 7) is 6.86. The Morgan fingerprint density at radius 3 is 2.64 bits per heavy atom. The van der Waals surface area contributed by atoms with Crippen LogP contribution in [0.3, 0.4) is 0 Å². The predicted molar refractivity (Wildman–Crippen MR) is 57.2 cm³/mol. The fourth-order valence-electron chi connectivity index (χ4n) is 2.80. The molecular weight excluding hydrogens is 174 g/mol. The summed E-state index contributed by atoms with van der Waals surface area (Å²) >= 11 is 0. The molecule has 0 aromatic heterocycles. The molecule has 0 amide bonds. The fraction of sp³-hybridized carbons (Fsp3) is 0.917. The lowest BCUT2D eigenvalue weighted by atomic mass is 10.0. The summed E-state index contributed by atoms with van der Waals surface area (Å²) in [7, 11) is 0. The summed E-state index contributed by atoms with van der Waals surface area (Å²) in [5, 5.41) is 0. The SMILES string of the molecule is CC1CCN(CC2CCCC2=O)C1C. The molecular formula is C12H21NO. The molecule has 2 heteroatoms. The first-order chi connectivity index (χ1) is 6.68. The minimum absolute atomic E-state index is 0.364. The first-order valence-electron chi connectivity index (χ1n) is 5.95. The van der Waals surface area contributed by atoms with Crippen molar-refractivity contribution >= 4 is 5.78 Å². The summed E-state index contributed by atoms with van der Waals surface area (Å²) in [5.41, 5.74) is 0. The van der Waals surface area contributed by atoms with Gasteiger partial charge in [0.25, 0.3) is 0 Å². The van der Waals surface area contributed by atoms with Crippen molar-refractivity contribution in [1.82, 2.24) is 4.90 Å². The second-order valence-corrected chi connectivity index (χ2v) is 5.06. The second-order valence-electron chi connectivity index (χ2n) is 5.06. The highest BCUT2D eigenvalue weighted by atomic mass is 16.1. The van der Waals surface area contributed by atoms with E-state index < -0.39 is 0 Å². The first-order valence-corrected chi connectivity index (χ1v) is 5.95. The van der Waals surface area contributed by atoms with Crippen LogP contribution in [0.5, 0.6) is 0 Å². The highest BCUT2D eigenvalue weighted by Crippen LogP contribution is 2.28. The molecule has 0 aromatic rings. The molecule has 1 heterocycles. The Kier molecular flexibility index (Phi) is 2.91. The molecule has 3 unspecified atom stereocenters. The Bertz CT molecular complexity index is 226. The average molecular weight is 195 g/mol. The second kappa shape index (κ2) is 4.01. The summed E-state index contributed by atoms with van der Waals surface area (Å²) in [6, 6.07) is 0.684. The van der Waals surface area contributed by atoms with Crippen LogP contribution in [0.2, 0.25) is 0 Å². The van der Waals surface area contributed by atoms with Crippen molar-refractivity contribution in [3.05, 3.63) is 0 Å². The largest absolute Gasteiger partial charge is 0.300 e. The molecule has 0 spiro atoms. The van der Waals surface area contributed by atoms with Crippen LogP contribution in [-0.4, -0.2) is 29.8 Å². The number of Topliss-reactive ketones (excluding diaryl/α,β-unsaturated/α-hetero) is 1. The van der Waals surface area contributed by atoms with Gasteiger partial charge in [0.1, 0.15) is 5.78 Å². The van der Waals surface area contributed by atoms with Gasteiger partial charge in [-0.2, -0.15) is 0 Å². The molecule has 0 radical (unpaired) electrons. The van der Waals surface area contributed by atoms with Gasteiger partial charge in [0.15, 0.2) is 0 Å². The van der Waals surface area contributed by atoms with Gasteiger partial charge in [0, 0.05) is 24.9 Å². The zero-order valence-electron chi connectivity index (χ0n) is 9.33. The summed E-state index contributed by atoms with van der Waals surface area (Å²) < 4.78 is 0. The van der Waals surface area contributed by atoms with Crippen molar-refractivity contribution < 1.29 is 4.79 Å². The molecule has 2 nitrogen and oxygen atoms in total. The maximum Gasteiger partial charge on any atom is 0.137 e.